The molecule has 1 N–H and O–H groups in total. The first-order valence-electron chi connectivity index (χ1n) is 11.2. The van der Waals surface area contributed by atoms with Gasteiger partial charge in [-0.2, -0.15) is 0 Å². The van der Waals surface area contributed by atoms with Gasteiger partial charge in [0.2, 0.25) is 0 Å². The summed E-state index contributed by atoms with van der Waals surface area (Å²) in [6.07, 6.45) is 3.47. The van der Waals surface area contributed by atoms with Crippen molar-refractivity contribution in [2.45, 2.75) is 18.9 Å². The topological polar surface area (TPSA) is 63.8 Å². The third-order valence-corrected chi connectivity index (χ3v) is 7.51. The number of benzene rings is 3. The van der Waals surface area contributed by atoms with E-state index in [4.69, 9.17) is 9.73 Å². The molecule has 0 spiro atoms. The Morgan fingerprint density at radius 2 is 1.79 bits per heavy atom. The predicted octanol–water partition coefficient (Wildman–Crippen LogP) is 4.03. The Morgan fingerprint density at radius 1 is 1.03 bits per heavy atom. The number of nitrogens with zero attached hydrogens (tertiary/aromatic N) is 2. The summed E-state index contributed by atoms with van der Waals surface area (Å²) in [5.41, 5.74) is 5.92. The molecule has 1 aliphatic carbocycles. The summed E-state index contributed by atoms with van der Waals surface area (Å²) >= 11 is 1.35. The molecular formula is C28H22N2O3S. The van der Waals surface area contributed by atoms with E-state index < -0.39 is 0 Å². The van der Waals surface area contributed by atoms with Gasteiger partial charge in [-0.15, -0.1) is 0 Å². The van der Waals surface area contributed by atoms with Crippen molar-refractivity contribution in [2.24, 2.45) is 4.99 Å². The van der Waals surface area contributed by atoms with Crippen molar-refractivity contribution in [2.75, 3.05) is 7.11 Å². The van der Waals surface area contributed by atoms with Crippen LogP contribution in [0.2, 0.25) is 0 Å². The fourth-order valence-corrected chi connectivity index (χ4v) is 5.93. The maximum Gasteiger partial charge on any atom is 0.271 e. The fraction of sp³-hybridized carbons (Fsp3) is 0.143. The molecule has 6 heteroatoms. The van der Waals surface area contributed by atoms with Crippen LogP contribution in [-0.4, -0.2) is 16.8 Å². The molecule has 0 fully saturated rings. The summed E-state index contributed by atoms with van der Waals surface area (Å²) in [4.78, 5) is 19.4. The SMILES string of the molecule is COc1ccccc1C1C2=C(N=c3sc(=Cc4ccccc4O)c(=O)n31)c1ccccc1CC2. The highest BCUT2D eigenvalue weighted by molar-refractivity contribution is 7.07. The first-order chi connectivity index (χ1) is 16.7. The molecular weight excluding hydrogens is 444 g/mol. The largest absolute Gasteiger partial charge is 0.507 e. The number of aromatic nitrogens is 1. The Labute approximate surface area is 200 Å². The Balaban J connectivity index is 1.66. The van der Waals surface area contributed by atoms with Gasteiger partial charge in [0.05, 0.1) is 23.4 Å². The number of hydrogen-bond acceptors (Lipinski definition) is 5. The van der Waals surface area contributed by atoms with Crippen LogP contribution >= 0.6 is 11.3 Å². The van der Waals surface area contributed by atoms with Crippen molar-refractivity contribution in [3.8, 4) is 11.5 Å². The lowest BCUT2D eigenvalue weighted by Gasteiger charge is -2.31. The minimum atomic E-state index is -0.303. The van der Waals surface area contributed by atoms with Crippen molar-refractivity contribution in [1.82, 2.24) is 4.57 Å². The fourth-order valence-electron chi connectivity index (χ4n) is 4.94. The summed E-state index contributed by atoms with van der Waals surface area (Å²) in [6, 6.07) is 23.0. The molecule has 2 heterocycles. The van der Waals surface area contributed by atoms with E-state index in [9.17, 15) is 9.90 Å². The third-order valence-electron chi connectivity index (χ3n) is 6.53. The number of rotatable bonds is 3. The zero-order valence-corrected chi connectivity index (χ0v) is 19.4. The van der Waals surface area contributed by atoms with Crippen LogP contribution in [0, 0.1) is 0 Å². The van der Waals surface area contributed by atoms with Gasteiger partial charge in [-0.25, -0.2) is 4.99 Å². The Bertz CT molecular complexity index is 1640. The van der Waals surface area contributed by atoms with Crippen molar-refractivity contribution < 1.29 is 9.84 Å². The monoisotopic (exact) mass is 466 g/mol. The number of phenols is 1. The molecule has 5 nitrogen and oxygen atoms in total. The number of hydrogen-bond donors (Lipinski definition) is 1. The lowest BCUT2D eigenvalue weighted by atomic mass is 9.83. The van der Waals surface area contributed by atoms with Gasteiger partial charge >= 0.3 is 0 Å². The smallest absolute Gasteiger partial charge is 0.271 e. The molecule has 34 heavy (non-hydrogen) atoms. The molecule has 4 aromatic rings. The number of allylic oxidation sites excluding steroid dienone is 1. The number of methoxy groups -OCH3 is 1. The van der Waals surface area contributed by atoms with Gasteiger partial charge in [-0.1, -0.05) is 72.0 Å². The number of thiazole rings is 1. The highest BCUT2D eigenvalue weighted by Crippen LogP contribution is 2.43. The summed E-state index contributed by atoms with van der Waals surface area (Å²) in [6.45, 7) is 0. The number of aryl methyl sites for hydroxylation is 1. The number of ether oxygens (including phenoxy) is 1. The molecule has 0 saturated heterocycles. The van der Waals surface area contributed by atoms with Crippen molar-refractivity contribution in [1.29, 1.82) is 0 Å². The van der Waals surface area contributed by atoms with Crippen LogP contribution in [0.5, 0.6) is 11.5 Å². The zero-order valence-electron chi connectivity index (χ0n) is 18.6. The van der Waals surface area contributed by atoms with Crippen LogP contribution in [0.1, 0.15) is 34.7 Å². The first-order valence-corrected chi connectivity index (χ1v) is 12.0. The van der Waals surface area contributed by atoms with Gasteiger partial charge in [-0.3, -0.25) is 9.36 Å². The van der Waals surface area contributed by atoms with Gasteiger partial charge < -0.3 is 9.84 Å². The quantitative estimate of drug-likeness (QED) is 0.496. The highest BCUT2D eigenvalue weighted by atomic mass is 32.1. The Kier molecular flexibility index (Phi) is 4.96. The Hall–Kier alpha value is -3.90. The van der Waals surface area contributed by atoms with E-state index in [0.29, 0.717) is 14.9 Å². The van der Waals surface area contributed by atoms with E-state index >= 15 is 0 Å². The molecule has 0 saturated carbocycles. The van der Waals surface area contributed by atoms with Crippen LogP contribution < -0.4 is 19.6 Å². The normalized spacial score (nSPS) is 17.0. The maximum absolute atomic E-state index is 13.8. The van der Waals surface area contributed by atoms with Crippen LogP contribution in [-0.2, 0) is 6.42 Å². The van der Waals surface area contributed by atoms with Gasteiger partial charge in [-0.05, 0) is 42.2 Å². The molecule has 0 bridgehead atoms. The van der Waals surface area contributed by atoms with Crippen molar-refractivity contribution >= 4 is 23.1 Å². The van der Waals surface area contributed by atoms with Crippen LogP contribution in [0.15, 0.2) is 88.2 Å². The highest BCUT2D eigenvalue weighted by Gasteiger charge is 2.33. The molecule has 1 unspecified atom stereocenters. The predicted molar refractivity (Wildman–Crippen MR) is 134 cm³/mol. The molecule has 0 radical (unpaired) electrons. The van der Waals surface area contributed by atoms with E-state index in [-0.39, 0.29) is 17.4 Å². The molecule has 168 valence electrons. The summed E-state index contributed by atoms with van der Waals surface area (Å²) in [5, 5.41) is 10.3. The van der Waals surface area contributed by atoms with E-state index in [1.807, 2.05) is 36.4 Å². The number of para-hydroxylation sites is 2. The minimum absolute atomic E-state index is 0.117. The maximum atomic E-state index is 13.8. The van der Waals surface area contributed by atoms with Gasteiger partial charge in [0.15, 0.2) is 4.80 Å². The van der Waals surface area contributed by atoms with Crippen LogP contribution in [0.4, 0.5) is 0 Å². The second-order valence-corrected chi connectivity index (χ2v) is 9.42. The summed E-state index contributed by atoms with van der Waals surface area (Å²) in [5.74, 6) is 0.887. The first kappa shape index (κ1) is 20.7. The van der Waals surface area contributed by atoms with E-state index in [1.54, 1.807) is 36.0 Å². The molecule has 1 aliphatic heterocycles. The van der Waals surface area contributed by atoms with Crippen molar-refractivity contribution in [3.63, 3.8) is 0 Å². The van der Waals surface area contributed by atoms with Gasteiger partial charge in [0, 0.05) is 16.7 Å². The van der Waals surface area contributed by atoms with E-state index in [0.717, 1.165) is 41.0 Å². The number of aromatic hydroxyl groups is 1. The molecule has 3 aromatic carbocycles. The number of phenolic OH excluding ortho intramolecular Hbond substituents is 1. The average Bonchev–Trinajstić information content (AvgIpc) is 3.18. The van der Waals surface area contributed by atoms with Gasteiger partial charge in [0.1, 0.15) is 11.5 Å². The zero-order chi connectivity index (χ0) is 23.2. The second-order valence-electron chi connectivity index (χ2n) is 8.41. The second kappa shape index (κ2) is 8.15. The summed E-state index contributed by atoms with van der Waals surface area (Å²) in [7, 11) is 1.66. The Morgan fingerprint density at radius 3 is 2.65 bits per heavy atom. The van der Waals surface area contributed by atoms with E-state index in [2.05, 4.69) is 18.2 Å². The lowest BCUT2D eigenvalue weighted by Crippen LogP contribution is -2.39. The molecule has 6 rings (SSSR count). The lowest BCUT2D eigenvalue weighted by molar-refractivity contribution is 0.402. The molecule has 0 amide bonds. The molecule has 1 atom stereocenters. The van der Waals surface area contributed by atoms with E-state index in [1.165, 1.54) is 16.9 Å². The van der Waals surface area contributed by atoms with Crippen molar-refractivity contribution in [3.05, 3.63) is 120 Å². The molecule has 2 aliphatic rings. The van der Waals surface area contributed by atoms with Crippen LogP contribution in [0.3, 0.4) is 0 Å². The molecule has 1 aromatic heterocycles. The third kappa shape index (κ3) is 3.22. The summed E-state index contributed by atoms with van der Waals surface area (Å²) < 4.78 is 8.04. The standard InChI is InChI=1S/C28H22N2O3S/c1-33-23-13-7-5-11-20(23)26-21-15-14-17-8-2-4-10-19(17)25(21)29-28-30(26)27(32)24(34-28)16-18-9-3-6-12-22(18)31/h2-13,16,26,31H,14-15H2,1H3. The number of fused-ring (bicyclic) bond motifs is 3. The van der Waals surface area contributed by atoms with Gasteiger partial charge in [0.25, 0.3) is 5.56 Å². The average molecular weight is 467 g/mol. The minimum Gasteiger partial charge on any atom is -0.507 e. The van der Waals surface area contributed by atoms with Crippen LogP contribution in [0.25, 0.3) is 11.8 Å².